The van der Waals surface area contributed by atoms with E-state index in [1.807, 2.05) is 48.5 Å². The summed E-state index contributed by atoms with van der Waals surface area (Å²) in [5.74, 6) is -1.04. The average Bonchev–Trinajstić information content (AvgIpc) is 3.00. The first-order valence-electron chi connectivity index (χ1n) is 16.1. The van der Waals surface area contributed by atoms with Crippen LogP contribution in [-0.2, 0) is 4.79 Å². The summed E-state index contributed by atoms with van der Waals surface area (Å²) in [6, 6.07) is 18.4. The number of allylic oxidation sites excluding steroid dienone is 4. The molecule has 2 aliphatic carbocycles. The van der Waals surface area contributed by atoms with Crippen LogP contribution in [0.15, 0.2) is 77.8 Å². The number of nitrogens with zero attached hydrogens (tertiary/aromatic N) is 2. The van der Waals surface area contributed by atoms with Gasteiger partial charge in [0, 0.05) is 64.3 Å². The largest absolute Gasteiger partial charge is 0.871 e. The van der Waals surface area contributed by atoms with Crippen molar-refractivity contribution in [1.29, 1.82) is 0 Å². The molecule has 2 fully saturated rings. The Kier molecular flexibility index (Phi) is 6.91. The third kappa shape index (κ3) is 4.21. The van der Waals surface area contributed by atoms with Gasteiger partial charge in [0.2, 0.25) is 5.71 Å². The summed E-state index contributed by atoms with van der Waals surface area (Å²) in [5.41, 5.74) is 3.94. The maximum atomic E-state index is 14.0. The number of aliphatic hydroxyl groups excluding tert-OH is 1. The van der Waals surface area contributed by atoms with Crippen LogP contribution in [0.25, 0.3) is 21.9 Å². The molecule has 0 spiro atoms. The van der Waals surface area contributed by atoms with Gasteiger partial charge in [-0.15, -0.1) is 0 Å². The van der Waals surface area contributed by atoms with Gasteiger partial charge in [0.1, 0.15) is 11.5 Å². The molecule has 0 radical (unpaired) electrons. The Morgan fingerprint density at radius 1 is 0.773 bits per heavy atom. The van der Waals surface area contributed by atoms with Crippen LogP contribution in [0.3, 0.4) is 0 Å². The number of carbonyl (C=O) groups is 1. The van der Waals surface area contributed by atoms with Crippen LogP contribution in [0.2, 0.25) is 0 Å². The summed E-state index contributed by atoms with van der Waals surface area (Å²) in [5, 5.41) is 38.5. The molecule has 2 heterocycles. The van der Waals surface area contributed by atoms with Crippen molar-refractivity contribution in [3.63, 3.8) is 0 Å². The van der Waals surface area contributed by atoms with Gasteiger partial charge in [-0.2, -0.15) is 0 Å². The minimum atomic E-state index is -0.448. The zero-order chi connectivity index (χ0) is 30.9. The molecule has 44 heavy (non-hydrogen) atoms. The van der Waals surface area contributed by atoms with Crippen LogP contribution in [0.1, 0.15) is 82.9 Å². The predicted octanol–water partition coefficient (Wildman–Crippen LogP) is 6.64. The zero-order valence-corrected chi connectivity index (χ0v) is 25.9. The molecule has 4 aliphatic rings. The number of benzene rings is 3. The Morgan fingerprint density at radius 3 is 2.02 bits per heavy atom. The van der Waals surface area contributed by atoms with Crippen molar-refractivity contribution in [2.24, 2.45) is 0 Å². The lowest BCUT2D eigenvalue weighted by Crippen LogP contribution is -2.44. The molecule has 2 aliphatic heterocycles. The van der Waals surface area contributed by atoms with Gasteiger partial charge in [0.25, 0.3) is 0 Å². The SMILES string of the molecule is CC1CCCC(C)N1c1cc(O)c(C2=C([O-])/C(=C3\C(O)=CC(=[N+]4C(C)CCCC4C)c4ccccc43)C2=O)c2ccccc12. The minimum Gasteiger partial charge on any atom is -0.871 e. The molecule has 0 saturated carbocycles. The van der Waals surface area contributed by atoms with Crippen molar-refractivity contribution < 1.29 is 24.7 Å². The molecule has 0 bridgehead atoms. The van der Waals surface area contributed by atoms with Gasteiger partial charge < -0.3 is 20.2 Å². The van der Waals surface area contributed by atoms with E-state index in [2.05, 4.69) is 37.2 Å². The number of phenols is 1. The number of fused-ring (bicyclic) bond motifs is 2. The first-order valence-corrected chi connectivity index (χ1v) is 16.1. The van der Waals surface area contributed by atoms with Gasteiger partial charge in [0.05, 0.1) is 11.6 Å². The molecule has 0 amide bonds. The highest BCUT2D eigenvalue weighted by Crippen LogP contribution is 2.49. The molecule has 0 aromatic heterocycles. The van der Waals surface area contributed by atoms with E-state index >= 15 is 0 Å². The fourth-order valence-electron chi connectivity index (χ4n) is 8.28. The Labute approximate surface area is 259 Å². The van der Waals surface area contributed by atoms with E-state index in [9.17, 15) is 20.1 Å². The van der Waals surface area contributed by atoms with Crippen LogP contribution in [0.5, 0.6) is 5.75 Å². The highest BCUT2D eigenvalue weighted by atomic mass is 16.3. The van der Waals surface area contributed by atoms with Crippen molar-refractivity contribution in [3.05, 3.63) is 94.5 Å². The smallest absolute Gasteiger partial charge is 0.212 e. The third-order valence-corrected chi connectivity index (χ3v) is 10.4. The van der Waals surface area contributed by atoms with Gasteiger partial charge in [-0.25, -0.2) is 4.58 Å². The molecule has 3 aromatic rings. The maximum absolute atomic E-state index is 14.0. The second-order valence-electron chi connectivity index (χ2n) is 13.2. The molecule has 6 nitrogen and oxygen atoms in total. The lowest BCUT2D eigenvalue weighted by atomic mass is 9.75. The summed E-state index contributed by atoms with van der Waals surface area (Å²) in [6.07, 6.45) is 8.33. The maximum Gasteiger partial charge on any atom is 0.212 e. The van der Waals surface area contributed by atoms with Crippen LogP contribution in [0.4, 0.5) is 5.69 Å². The van der Waals surface area contributed by atoms with E-state index in [1.165, 1.54) is 12.8 Å². The number of aromatic hydroxyl groups is 1. The number of carbonyl (C=O) groups excluding carboxylic acids is 1. The third-order valence-electron chi connectivity index (χ3n) is 10.4. The number of hydrogen-bond donors (Lipinski definition) is 2. The van der Waals surface area contributed by atoms with E-state index in [1.54, 1.807) is 12.1 Å². The molecule has 3 aromatic carbocycles. The Bertz CT molecular complexity index is 1820. The molecule has 226 valence electrons. The zero-order valence-electron chi connectivity index (χ0n) is 25.9. The number of aliphatic hydroxyl groups is 1. The Morgan fingerprint density at radius 2 is 1.36 bits per heavy atom. The number of hydrogen-bond acceptors (Lipinski definition) is 5. The molecular weight excluding hydrogens is 548 g/mol. The monoisotopic (exact) mass is 588 g/mol. The molecule has 6 heteroatoms. The van der Waals surface area contributed by atoms with Gasteiger partial charge in [-0.1, -0.05) is 48.2 Å². The first kappa shape index (κ1) is 28.5. The van der Waals surface area contributed by atoms with E-state index < -0.39 is 11.5 Å². The second kappa shape index (κ2) is 10.7. The summed E-state index contributed by atoms with van der Waals surface area (Å²) in [6.45, 7) is 8.83. The molecular formula is C38H40N2O4. The highest BCUT2D eigenvalue weighted by molar-refractivity contribution is 6.43. The number of phenolic OH excluding ortho intramolecular Hbond substituents is 1. The van der Waals surface area contributed by atoms with E-state index in [-0.39, 0.29) is 33.8 Å². The number of ketones is 1. The van der Waals surface area contributed by atoms with Crippen molar-refractivity contribution >= 4 is 39.1 Å². The van der Waals surface area contributed by atoms with Crippen LogP contribution in [0, 0.1) is 0 Å². The number of rotatable bonds is 2. The van der Waals surface area contributed by atoms with Crippen molar-refractivity contribution in [2.45, 2.75) is 90.4 Å². The normalized spacial score (nSPS) is 27.4. The Hall–Kier alpha value is -4.32. The van der Waals surface area contributed by atoms with Gasteiger partial charge >= 0.3 is 0 Å². The van der Waals surface area contributed by atoms with E-state index in [0.717, 1.165) is 48.0 Å². The topological polar surface area (TPSA) is 86.8 Å². The summed E-state index contributed by atoms with van der Waals surface area (Å²) >= 11 is 0. The molecule has 4 atom stereocenters. The summed E-state index contributed by atoms with van der Waals surface area (Å²) < 4.78 is 2.36. The number of piperidine rings is 2. The van der Waals surface area contributed by atoms with Gasteiger partial charge in [-0.05, 0) is 70.4 Å². The molecule has 7 rings (SSSR count). The van der Waals surface area contributed by atoms with Crippen LogP contribution < -0.4 is 10.0 Å². The van der Waals surface area contributed by atoms with Crippen molar-refractivity contribution in [3.8, 4) is 5.75 Å². The lowest BCUT2D eigenvalue weighted by molar-refractivity contribution is -0.604. The summed E-state index contributed by atoms with van der Waals surface area (Å²) in [4.78, 5) is 16.4. The molecule has 4 unspecified atom stereocenters. The fraction of sp³-hybridized carbons (Fsp3) is 0.368. The Balaban J connectivity index is 1.40. The van der Waals surface area contributed by atoms with Gasteiger partial charge in [-0.3, -0.25) is 4.79 Å². The van der Waals surface area contributed by atoms with Crippen molar-refractivity contribution in [1.82, 2.24) is 0 Å². The van der Waals surface area contributed by atoms with Crippen LogP contribution in [-0.4, -0.2) is 50.5 Å². The second-order valence-corrected chi connectivity index (χ2v) is 13.2. The van der Waals surface area contributed by atoms with E-state index in [4.69, 9.17) is 0 Å². The van der Waals surface area contributed by atoms with Crippen molar-refractivity contribution in [2.75, 3.05) is 4.90 Å². The predicted molar refractivity (Wildman–Crippen MR) is 174 cm³/mol. The number of anilines is 1. The van der Waals surface area contributed by atoms with Crippen LogP contribution >= 0.6 is 0 Å². The summed E-state index contributed by atoms with van der Waals surface area (Å²) in [7, 11) is 0. The highest BCUT2D eigenvalue weighted by Gasteiger charge is 2.40. The molecule has 2 N–H and O–H groups in total. The average molecular weight is 589 g/mol. The lowest BCUT2D eigenvalue weighted by Gasteiger charge is -2.42. The quantitative estimate of drug-likeness (QED) is 0.259. The minimum absolute atomic E-state index is 0.0224. The van der Waals surface area contributed by atoms with Gasteiger partial charge in [0.15, 0.2) is 17.9 Å². The fourth-order valence-corrected chi connectivity index (χ4v) is 8.28. The first-order chi connectivity index (χ1) is 21.2. The molecule has 2 saturated heterocycles. The number of Topliss-reactive ketones (excluding diaryl/α,β-unsaturated/α-hetero) is 1. The standard InChI is InChI=1S/C38H40N2O4/c1-21-11-9-12-22(2)39(21)29-19-31(41)33(27-17-7-5-15-25(27)29)35-37(43)36(38(35)44)34-28-18-8-6-16-26(28)30(20-32(34)42)40-23(3)13-10-14-24(40)4/h5-8,15-24H,9-14H2,1-4H3,(H2,41,42,43,44). The van der Waals surface area contributed by atoms with E-state index in [0.29, 0.717) is 35.1 Å².